The van der Waals surface area contributed by atoms with E-state index in [0.29, 0.717) is 0 Å². The smallest absolute Gasteiger partial charge is 0.161 e. The van der Waals surface area contributed by atoms with Crippen molar-refractivity contribution in [3.05, 3.63) is 229 Å². The summed E-state index contributed by atoms with van der Waals surface area (Å²) in [6, 6.07) is 74.3. The van der Waals surface area contributed by atoms with E-state index >= 15 is 0 Å². The van der Waals surface area contributed by atoms with E-state index in [2.05, 4.69) is 206 Å². The van der Waals surface area contributed by atoms with E-state index < -0.39 is 5.41 Å². The van der Waals surface area contributed by atoms with Gasteiger partial charge in [0.05, 0.1) is 16.8 Å². The molecule has 0 atom stereocenters. The Morgan fingerprint density at radius 2 is 0.673 bits per heavy atom. The van der Waals surface area contributed by atoms with E-state index in [0.717, 1.165) is 39.5 Å². The lowest BCUT2D eigenvalue weighted by Gasteiger charge is -2.30. The number of rotatable bonds is 5. The van der Waals surface area contributed by atoms with Gasteiger partial charge in [-0.2, -0.15) is 0 Å². The largest absolute Gasteiger partial charge is 0.228 e. The van der Waals surface area contributed by atoms with Gasteiger partial charge in [0.2, 0.25) is 0 Å². The van der Waals surface area contributed by atoms with Crippen LogP contribution in [0.3, 0.4) is 0 Å². The fraction of sp³-hybridized carbons (Fsp3) is 0.0189. The van der Waals surface area contributed by atoms with Crippen molar-refractivity contribution in [2.75, 3.05) is 0 Å². The molecule has 2 heteroatoms. The zero-order valence-electron chi connectivity index (χ0n) is 30.0. The summed E-state index contributed by atoms with van der Waals surface area (Å²) >= 11 is 0. The second-order valence-electron chi connectivity index (χ2n) is 14.5. The normalized spacial score (nSPS) is 12.9. The van der Waals surface area contributed by atoms with Crippen LogP contribution in [0.2, 0.25) is 0 Å². The van der Waals surface area contributed by atoms with Crippen LogP contribution in [-0.4, -0.2) is 9.97 Å². The zero-order chi connectivity index (χ0) is 36.3. The summed E-state index contributed by atoms with van der Waals surface area (Å²) in [5, 5.41) is 0. The van der Waals surface area contributed by atoms with Crippen LogP contribution in [0.15, 0.2) is 206 Å². The summed E-state index contributed by atoms with van der Waals surface area (Å²) in [7, 11) is 0. The monoisotopic (exact) mass is 698 g/mol. The van der Waals surface area contributed by atoms with Gasteiger partial charge in [0.15, 0.2) is 5.82 Å². The van der Waals surface area contributed by atoms with Gasteiger partial charge in [-0.1, -0.05) is 188 Å². The fourth-order valence-corrected chi connectivity index (χ4v) is 9.17. The zero-order valence-corrected chi connectivity index (χ0v) is 30.0. The molecule has 55 heavy (non-hydrogen) atoms. The van der Waals surface area contributed by atoms with E-state index in [9.17, 15) is 0 Å². The lowest BCUT2D eigenvalue weighted by atomic mass is 9.70. The lowest BCUT2D eigenvalue weighted by molar-refractivity contribution is 0.794. The van der Waals surface area contributed by atoms with E-state index in [-0.39, 0.29) is 0 Å². The molecule has 2 aliphatic rings. The summed E-state index contributed by atoms with van der Waals surface area (Å²) in [5.41, 5.74) is 19.5. The predicted octanol–water partition coefficient (Wildman–Crippen LogP) is 13.2. The van der Waals surface area contributed by atoms with Crippen LogP contribution >= 0.6 is 0 Å². The molecule has 2 aliphatic carbocycles. The lowest BCUT2D eigenvalue weighted by Crippen LogP contribution is -2.25. The Morgan fingerprint density at radius 1 is 0.273 bits per heavy atom. The quantitative estimate of drug-likeness (QED) is 0.179. The van der Waals surface area contributed by atoms with Gasteiger partial charge >= 0.3 is 0 Å². The summed E-state index contributed by atoms with van der Waals surface area (Å²) in [5.74, 6) is 0.719. The molecule has 256 valence electrons. The molecule has 0 N–H and O–H groups in total. The molecular formula is C53H34N2. The second kappa shape index (κ2) is 12.5. The predicted molar refractivity (Wildman–Crippen MR) is 226 cm³/mol. The molecule has 9 aromatic rings. The van der Waals surface area contributed by atoms with Crippen LogP contribution in [-0.2, 0) is 5.41 Å². The molecule has 0 aliphatic heterocycles. The first kappa shape index (κ1) is 31.4. The Morgan fingerprint density at radius 3 is 1.31 bits per heavy atom. The molecule has 0 saturated carbocycles. The van der Waals surface area contributed by atoms with E-state index in [1.54, 1.807) is 0 Å². The van der Waals surface area contributed by atoms with Gasteiger partial charge in [-0.3, -0.25) is 0 Å². The van der Waals surface area contributed by atoms with Crippen molar-refractivity contribution >= 4 is 0 Å². The van der Waals surface area contributed by atoms with Crippen molar-refractivity contribution in [1.29, 1.82) is 0 Å². The highest BCUT2D eigenvalue weighted by Crippen LogP contribution is 2.63. The van der Waals surface area contributed by atoms with Crippen molar-refractivity contribution in [3.8, 4) is 78.4 Å². The van der Waals surface area contributed by atoms with Gasteiger partial charge < -0.3 is 0 Å². The number of fused-ring (bicyclic) bond motifs is 10. The maximum absolute atomic E-state index is 5.44. The first-order valence-electron chi connectivity index (χ1n) is 18.9. The fourth-order valence-electron chi connectivity index (χ4n) is 9.17. The average molecular weight is 699 g/mol. The topological polar surface area (TPSA) is 25.8 Å². The second-order valence-corrected chi connectivity index (χ2v) is 14.5. The summed E-state index contributed by atoms with van der Waals surface area (Å²) in [4.78, 5) is 10.8. The molecule has 8 aromatic carbocycles. The average Bonchev–Trinajstić information content (AvgIpc) is 3.75. The van der Waals surface area contributed by atoms with Crippen LogP contribution in [0.5, 0.6) is 0 Å². The molecule has 0 fully saturated rings. The van der Waals surface area contributed by atoms with Crippen LogP contribution in [0.25, 0.3) is 78.4 Å². The van der Waals surface area contributed by atoms with Crippen LogP contribution in [0, 0.1) is 0 Å². The standard InChI is InChI=1S/C53H34N2/c1-3-16-35(17-4-1)37-20-13-21-38(32-37)39-22-14-23-40(33-39)50-34-49(36-18-5-2-6-19-36)54-52(55-50)44-27-15-31-48-51(44)43-26-9-12-30-47(43)53(48)45-28-10-7-24-41(45)42-25-8-11-29-46(42)53/h1-34H. The molecule has 0 radical (unpaired) electrons. The number of nitrogens with zero attached hydrogens (tertiary/aromatic N) is 2. The molecule has 0 amide bonds. The van der Waals surface area contributed by atoms with Crippen LogP contribution < -0.4 is 0 Å². The Balaban J connectivity index is 1.12. The Labute approximate surface area is 321 Å². The Kier molecular flexibility index (Phi) is 7.11. The number of aromatic nitrogens is 2. The molecule has 1 heterocycles. The molecule has 0 bridgehead atoms. The first-order chi connectivity index (χ1) is 27.3. The number of hydrogen-bond acceptors (Lipinski definition) is 2. The molecule has 1 aromatic heterocycles. The minimum atomic E-state index is -0.433. The number of benzene rings is 8. The summed E-state index contributed by atoms with van der Waals surface area (Å²) < 4.78 is 0. The maximum atomic E-state index is 5.44. The van der Waals surface area contributed by atoms with E-state index in [1.165, 1.54) is 61.2 Å². The van der Waals surface area contributed by atoms with Gasteiger partial charge in [0.25, 0.3) is 0 Å². The molecule has 0 saturated heterocycles. The highest BCUT2D eigenvalue weighted by Gasteiger charge is 2.52. The Hall–Kier alpha value is -7.16. The SMILES string of the molecule is c1ccc(-c2cccc(-c3cccc(-c4cc(-c5ccccc5)nc(-c5cccc6c5-c5ccccc5C65c6ccccc6-c6ccccc65)n4)c3)c2)cc1. The minimum Gasteiger partial charge on any atom is -0.228 e. The van der Waals surface area contributed by atoms with E-state index in [1.807, 2.05) is 0 Å². The third kappa shape index (κ3) is 4.82. The van der Waals surface area contributed by atoms with Gasteiger partial charge in [-0.15, -0.1) is 0 Å². The third-order valence-electron chi connectivity index (χ3n) is 11.5. The molecule has 2 nitrogen and oxygen atoms in total. The van der Waals surface area contributed by atoms with Crippen molar-refractivity contribution < 1.29 is 0 Å². The van der Waals surface area contributed by atoms with Crippen molar-refractivity contribution in [1.82, 2.24) is 9.97 Å². The van der Waals surface area contributed by atoms with Gasteiger partial charge in [-0.25, -0.2) is 9.97 Å². The first-order valence-corrected chi connectivity index (χ1v) is 18.9. The van der Waals surface area contributed by atoms with Crippen LogP contribution in [0.1, 0.15) is 22.3 Å². The van der Waals surface area contributed by atoms with Gasteiger partial charge in [0, 0.05) is 16.7 Å². The highest BCUT2D eigenvalue weighted by atomic mass is 14.9. The van der Waals surface area contributed by atoms with Crippen molar-refractivity contribution in [2.24, 2.45) is 0 Å². The maximum Gasteiger partial charge on any atom is 0.161 e. The molecular weight excluding hydrogens is 665 g/mol. The van der Waals surface area contributed by atoms with Gasteiger partial charge in [0.1, 0.15) is 0 Å². The number of hydrogen-bond donors (Lipinski definition) is 0. The molecule has 11 rings (SSSR count). The summed E-state index contributed by atoms with van der Waals surface area (Å²) in [6.07, 6.45) is 0. The van der Waals surface area contributed by atoms with Crippen LogP contribution in [0.4, 0.5) is 0 Å². The molecule has 1 spiro atoms. The van der Waals surface area contributed by atoms with Crippen molar-refractivity contribution in [3.63, 3.8) is 0 Å². The van der Waals surface area contributed by atoms with E-state index in [4.69, 9.17) is 9.97 Å². The third-order valence-corrected chi connectivity index (χ3v) is 11.5. The highest BCUT2D eigenvalue weighted by molar-refractivity contribution is 5.99. The van der Waals surface area contributed by atoms with Gasteiger partial charge in [-0.05, 0) is 85.0 Å². The summed E-state index contributed by atoms with van der Waals surface area (Å²) in [6.45, 7) is 0. The molecule has 0 unspecified atom stereocenters. The van der Waals surface area contributed by atoms with Crippen molar-refractivity contribution in [2.45, 2.75) is 5.41 Å². The minimum absolute atomic E-state index is 0.433. The Bertz CT molecular complexity index is 2880.